The maximum Gasteiger partial charge on any atom is 0.263 e. The molecule has 1 aromatic rings. The molecule has 1 amide bonds. The maximum atomic E-state index is 12.4. The zero-order chi connectivity index (χ0) is 15.2. The first-order valence-corrected chi connectivity index (χ1v) is 7.81. The number of hydrogen-bond acceptors (Lipinski definition) is 3. The molecule has 1 atom stereocenters. The fraction of sp³-hybridized carbons (Fsp3) is 0.588. The van der Waals surface area contributed by atoms with E-state index in [1.165, 1.54) is 12.0 Å². The van der Waals surface area contributed by atoms with Gasteiger partial charge in [-0.05, 0) is 46.2 Å². The molecule has 0 radical (unpaired) electrons. The van der Waals surface area contributed by atoms with E-state index in [1.54, 1.807) is 0 Å². The van der Waals surface area contributed by atoms with E-state index >= 15 is 0 Å². The Morgan fingerprint density at radius 3 is 2.71 bits per heavy atom. The highest BCUT2D eigenvalue weighted by molar-refractivity contribution is 5.81. The Kier molecular flexibility index (Phi) is 5.62. The van der Waals surface area contributed by atoms with Gasteiger partial charge in [-0.2, -0.15) is 0 Å². The Morgan fingerprint density at radius 2 is 2.05 bits per heavy atom. The van der Waals surface area contributed by atoms with E-state index in [0.29, 0.717) is 0 Å². The van der Waals surface area contributed by atoms with Gasteiger partial charge in [0.05, 0.1) is 0 Å². The van der Waals surface area contributed by atoms with Gasteiger partial charge in [-0.25, -0.2) is 0 Å². The van der Waals surface area contributed by atoms with Gasteiger partial charge in [0, 0.05) is 25.2 Å². The van der Waals surface area contributed by atoms with Gasteiger partial charge in [-0.1, -0.05) is 17.7 Å². The monoisotopic (exact) mass is 290 g/mol. The number of benzene rings is 1. The molecule has 1 saturated heterocycles. The fourth-order valence-corrected chi connectivity index (χ4v) is 2.76. The first-order chi connectivity index (χ1) is 10.1. The van der Waals surface area contributed by atoms with E-state index < -0.39 is 6.10 Å². The number of hydrogen-bond donors (Lipinski definition) is 1. The lowest BCUT2D eigenvalue weighted by Gasteiger charge is -2.29. The molecule has 0 aliphatic carbocycles. The molecule has 4 nitrogen and oxygen atoms in total. The van der Waals surface area contributed by atoms with Crippen molar-refractivity contribution in [2.45, 2.75) is 45.8 Å². The van der Waals surface area contributed by atoms with Gasteiger partial charge in [0.15, 0.2) is 6.10 Å². The molecule has 4 heteroatoms. The van der Waals surface area contributed by atoms with Gasteiger partial charge in [-0.3, -0.25) is 4.79 Å². The Balaban J connectivity index is 2.04. The first kappa shape index (κ1) is 15.8. The number of piperidine rings is 1. The lowest BCUT2D eigenvalue weighted by molar-refractivity contribution is -0.138. The van der Waals surface area contributed by atoms with Crippen LogP contribution in [0.2, 0.25) is 0 Å². The quantitative estimate of drug-likeness (QED) is 0.906. The molecule has 0 aromatic heterocycles. The number of carbonyl (C=O) groups excluding carboxylic acids is 1. The predicted octanol–water partition coefficient (Wildman–Crippen LogP) is 2.49. The maximum absolute atomic E-state index is 12.4. The molecular formula is C17H26N2O2. The van der Waals surface area contributed by atoms with E-state index in [0.717, 1.165) is 43.8 Å². The number of nitrogens with one attached hydrogen (secondary N) is 1. The van der Waals surface area contributed by atoms with Crippen molar-refractivity contribution in [3.8, 4) is 5.75 Å². The van der Waals surface area contributed by atoms with E-state index in [1.807, 2.05) is 31.0 Å². The summed E-state index contributed by atoms with van der Waals surface area (Å²) in [5.41, 5.74) is 2.29. The van der Waals surface area contributed by atoms with Crippen LogP contribution < -0.4 is 10.1 Å². The number of likely N-dealkylation sites (tertiary alicyclic amines) is 1. The summed E-state index contributed by atoms with van der Waals surface area (Å²) in [6.07, 6.45) is 3.01. The van der Waals surface area contributed by atoms with Crippen LogP contribution in [-0.2, 0) is 11.3 Å². The number of rotatable bonds is 5. The van der Waals surface area contributed by atoms with Gasteiger partial charge in [0.25, 0.3) is 5.91 Å². The highest BCUT2D eigenvalue weighted by Gasteiger charge is 2.24. The van der Waals surface area contributed by atoms with Crippen molar-refractivity contribution in [1.82, 2.24) is 10.2 Å². The number of carbonyl (C=O) groups is 1. The summed E-state index contributed by atoms with van der Waals surface area (Å²) in [4.78, 5) is 14.4. The molecule has 1 aliphatic rings. The van der Waals surface area contributed by atoms with Crippen LogP contribution in [0.1, 0.15) is 37.3 Å². The van der Waals surface area contributed by atoms with Crippen LogP contribution in [0.4, 0.5) is 0 Å². The minimum atomic E-state index is -0.429. The van der Waals surface area contributed by atoms with Gasteiger partial charge < -0.3 is 15.0 Å². The van der Waals surface area contributed by atoms with Crippen molar-refractivity contribution < 1.29 is 9.53 Å². The molecule has 0 spiro atoms. The van der Waals surface area contributed by atoms with Crippen LogP contribution in [-0.4, -0.2) is 37.0 Å². The SMILES string of the molecule is CNCc1cc(C)ccc1OC(C)C(=O)N1CCCCC1. The van der Waals surface area contributed by atoms with Gasteiger partial charge >= 0.3 is 0 Å². The molecule has 1 unspecified atom stereocenters. The van der Waals surface area contributed by atoms with E-state index in [4.69, 9.17) is 4.74 Å². The Morgan fingerprint density at radius 1 is 1.33 bits per heavy atom. The molecule has 0 saturated carbocycles. The average Bonchev–Trinajstić information content (AvgIpc) is 2.50. The third kappa shape index (κ3) is 4.21. The Labute approximate surface area is 127 Å². The van der Waals surface area contributed by atoms with Crippen molar-refractivity contribution in [3.63, 3.8) is 0 Å². The van der Waals surface area contributed by atoms with Gasteiger partial charge in [-0.15, -0.1) is 0 Å². The molecular weight excluding hydrogens is 264 g/mol. The molecule has 1 heterocycles. The van der Waals surface area contributed by atoms with Gasteiger partial charge in [0.2, 0.25) is 0 Å². The second kappa shape index (κ2) is 7.46. The number of aryl methyl sites for hydroxylation is 1. The van der Waals surface area contributed by atoms with E-state index in [9.17, 15) is 4.79 Å². The van der Waals surface area contributed by atoms with Crippen molar-refractivity contribution in [2.24, 2.45) is 0 Å². The largest absolute Gasteiger partial charge is 0.481 e. The van der Waals surface area contributed by atoms with Crippen LogP contribution >= 0.6 is 0 Å². The Hall–Kier alpha value is -1.55. The molecule has 21 heavy (non-hydrogen) atoms. The molecule has 1 aliphatic heterocycles. The lowest BCUT2D eigenvalue weighted by atomic mass is 10.1. The predicted molar refractivity (Wildman–Crippen MR) is 84.5 cm³/mol. The average molecular weight is 290 g/mol. The summed E-state index contributed by atoms with van der Waals surface area (Å²) in [5, 5.41) is 3.14. The zero-order valence-corrected chi connectivity index (χ0v) is 13.3. The highest BCUT2D eigenvalue weighted by Crippen LogP contribution is 2.22. The number of amides is 1. The molecule has 1 N–H and O–H groups in total. The zero-order valence-electron chi connectivity index (χ0n) is 13.3. The van der Waals surface area contributed by atoms with Crippen LogP contribution in [0.15, 0.2) is 18.2 Å². The van der Waals surface area contributed by atoms with Gasteiger partial charge in [0.1, 0.15) is 5.75 Å². The minimum absolute atomic E-state index is 0.102. The summed E-state index contributed by atoms with van der Waals surface area (Å²) < 4.78 is 5.94. The number of ether oxygens (including phenoxy) is 1. The topological polar surface area (TPSA) is 41.6 Å². The van der Waals surface area contributed by atoms with Crippen LogP contribution in [0.3, 0.4) is 0 Å². The molecule has 116 valence electrons. The van der Waals surface area contributed by atoms with Crippen LogP contribution in [0.5, 0.6) is 5.75 Å². The third-order valence-corrected chi connectivity index (χ3v) is 3.90. The van der Waals surface area contributed by atoms with Crippen LogP contribution in [0, 0.1) is 6.92 Å². The summed E-state index contributed by atoms with van der Waals surface area (Å²) >= 11 is 0. The van der Waals surface area contributed by atoms with E-state index in [2.05, 4.69) is 18.3 Å². The third-order valence-electron chi connectivity index (χ3n) is 3.90. The smallest absolute Gasteiger partial charge is 0.263 e. The summed E-state index contributed by atoms with van der Waals surface area (Å²) in [7, 11) is 1.91. The van der Waals surface area contributed by atoms with Crippen molar-refractivity contribution in [2.75, 3.05) is 20.1 Å². The lowest BCUT2D eigenvalue weighted by Crippen LogP contribution is -2.43. The second-order valence-electron chi connectivity index (χ2n) is 5.79. The molecule has 0 bridgehead atoms. The van der Waals surface area contributed by atoms with Crippen molar-refractivity contribution >= 4 is 5.91 Å². The standard InChI is InChI=1S/C17H26N2O2/c1-13-7-8-16(15(11-13)12-18-3)21-14(2)17(20)19-9-5-4-6-10-19/h7-8,11,14,18H,4-6,9-10,12H2,1-3H3. The van der Waals surface area contributed by atoms with E-state index in [-0.39, 0.29) is 5.91 Å². The minimum Gasteiger partial charge on any atom is -0.481 e. The second-order valence-corrected chi connectivity index (χ2v) is 5.79. The normalized spacial score (nSPS) is 16.6. The summed E-state index contributed by atoms with van der Waals surface area (Å²) in [6, 6.07) is 6.08. The highest BCUT2D eigenvalue weighted by atomic mass is 16.5. The molecule has 2 rings (SSSR count). The fourth-order valence-electron chi connectivity index (χ4n) is 2.76. The Bertz CT molecular complexity index is 482. The van der Waals surface area contributed by atoms with Crippen molar-refractivity contribution in [1.29, 1.82) is 0 Å². The molecule has 1 fully saturated rings. The molecule has 1 aromatic carbocycles. The number of nitrogens with zero attached hydrogens (tertiary/aromatic N) is 1. The first-order valence-electron chi connectivity index (χ1n) is 7.81. The van der Waals surface area contributed by atoms with Crippen LogP contribution in [0.25, 0.3) is 0 Å². The summed E-state index contributed by atoms with van der Waals surface area (Å²) in [5.74, 6) is 0.901. The summed E-state index contributed by atoms with van der Waals surface area (Å²) in [6.45, 7) is 6.38. The van der Waals surface area contributed by atoms with Crippen molar-refractivity contribution in [3.05, 3.63) is 29.3 Å².